The molecule has 8 heteroatoms. The van der Waals surface area contributed by atoms with Gasteiger partial charge >= 0.3 is 17.9 Å². The smallest absolute Gasteiger partial charge is 0.328 e. The number of rotatable bonds is 8. The van der Waals surface area contributed by atoms with Gasteiger partial charge in [0.25, 0.3) is 0 Å². The van der Waals surface area contributed by atoms with E-state index in [1.807, 2.05) is 0 Å². The fourth-order valence-electron chi connectivity index (χ4n) is 1.24. The minimum Gasteiger partial charge on any atom is -0.481 e. The number of nitrogens with one attached hydrogen (secondary N) is 1. The first-order chi connectivity index (χ1) is 8.90. The van der Waals surface area contributed by atoms with Crippen molar-refractivity contribution in [1.82, 2.24) is 5.32 Å². The molecule has 0 bridgehead atoms. The number of amides is 1. The standard InChI is InChI=1S/C11H17NO7/c1-18-10(16)6-3-7(11(17)19-2)12-8(13)4-5-9(14)15/h7H,3-6H2,1-2H3,(H,12,13)(H,14,15). The number of hydrogen-bond donors (Lipinski definition) is 2. The van der Waals surface area contributed by atoms with Gasteiger partial charge in [-0.1, -0.05) is 0 Å². The SMILES string of the molecule is COC(=O)CCC(NC(=O)CCC(=O)O)C(=O)OC. The summed E-state index contributed by atoms with van der Waals surface area (Å²) in [6.07, 6.45) is -0.620. The Labute approximate surface area is 110 Å². The van der Waals surface area contributed by atoms with Crippen molar-refractivity contribution in [3.63, 3.8) is 0 Å². The highest BCUT2D eigenvalue weighted by Gasteiger charge is 2.22. The Hall–Kier alpha value is -2.12. The van der Waals surface area contributed by atoms with Crippen LogP contribution >= 0.6 is 0 Å². The molecule has 0 aromatic rings. The molecule has 0 aromatic carbocycles. The maximum atomic E-state index is 11.4. The number of carbonyl (C=O) groups is 4. The highest BCUT2D eigenvalue weighted by molar-refractivity contribution is 5.86. The van der Waals surface area contributed by atoms with Crippen molar-refractivity contribution >= 4 is 23.8 Å². The van der Waals surface area contributed by atoms with E-state index in [-0.39, 0.29) is 25.7 Å². The minimum absolute atomic E-state index is 0.0260. The molecule has 0 aliphatic rings. The van der Waals surface area contributed by atoms with Crippen LogP contribution in [0.5, 0.6) is 0 Å². The molecule has 19 heavy (non-hydrogen) atoms. The summed E-state index contributed by atoms with van der Waals surface area (Å²) in [6, 6.07) is -0.995. The third kappa shape index (κ3) is 7.74. The number of hydrogen-bond acceptors (Lipinski definition) is 6. The normalized spacial score (nSPS) is 11.3. The summed E-state index contributed by atoms with van der Waals surface area (Å²) in [6.45, 7) is 0. The highest BCUT2D eigenvalue weighted by atomic mass is 16.5. The zero-order valence-electron chi connectivity index (χ0n) is 10.8. The fraction of sp³-hybridized carbons (Fsp3) is 0.636. The summed E-state index contributed by atoms with van der Waals surface area (Å²) in [5.41, 5.74) is 0. The summed E-state index contributed by atoms with van der Waals surface area (Å²) in [5, 5.41) is 10.7. The highest BCUT2D eigenvalue weighted by Crippen LogP contribution is 2.02. The topological polar surface area (TPSA) is 119 Å². The number of ether oxygens (including phenoxy) is 2. The second kappa shape index (κ2) is 8.90. The van der Waals surface area contributed by atoms with Crippen molar-refractivity contribution in [2.24, 2.45) is 0 Å². The van der Waals surface area contributed by atoms with Gasteiger partial charge in [-0.2, -0.15) is 0 Å². The number of methoxy groups -OCH3 is 2. The lowest BCUT2D eigenvalue weighted by atomic mass is 10.1. The van der Waals surface area contributed by atoms with Crippen LogP contribution in [-0.4, -0.2) is 49.2 Å². The van der Waals surface area contributed by atoms with Crippen molar-refractivity contribution in [2.75, 3.05) is 14.2 Å². The third-order valence-electron chi connectivity index (χ3n) is 2.25. The average molecular weight is 275 g/mol. The Morgan fingerprint density at radius 3 is 2.16 bits per heavy atom. The van der Waals surface area contributed by atoms with E-state index in [1.165, 1.54) is 7.11 Å². The van der Waals surface area contributed by atoms with Gasteiger partial charge in [-0.25, -0.2) is 4.79 Å². The van der Waals surface area contributed by atoms with Gasteiger partial charge in [0.2, 0.25) is 5.91 Å². The van der Waals surface area contributed by atoms with Crippen molar-refractivity contribution in [3.8, 4) is 0 Å². The zero-order valence-corrected chi connectivity index (χ0v) is 10.8. The molecule has 0 aromatic heterocycles. The van der Waals surface area contributed by atoms with E-state index in [9.17, 15) is 19.2 Å². The number of carboxylic acids is 1. The van der Waals surface area contributed by atoms with Crippen LogP contribution in [0.25, 0.3) is 0 Å². The van der Waals surface area contributed by atoms with Crippen molar-refractivity contribution in [3.05, 3.63) is 0 Å². The molecule has 0 heterocycles. The van der Waals surface area contributed by atoms with Gasteiger partial charge in [0, 0.05) is 12.8 Å². The summed E-state index contributed by atoms with van der Waals surface area (Å²) in [4.78, 5) is 44.0. The number of aliphatic carboxylic acids is 1. The number of carbonyl (C=O) groups excluding carboxylic acids is 3. The monoisotopic (exact) mass is 275 g/mol. The molecular formula is C11H17NO7. The van der Waals surface area contributed by atoms with Gasteiger partial charge in [-0.05, 0) is 6.42 Å². The van der Waals surface area contributed by atoms with Crippen LogP contribution in [0.2, 0.25) is 0 Å². The maximum Gasteiger partial charge on any atom is 0.328 e. The maximum absolute atomic E-state index is 11.4. The molecule has 0 radical (unpaired) electrons. The Balaban J connectivity index is 4.34. The molecule has 0 aliphatic carbocycles. The van der Waals surface area contributed by atoms with Gasteiger partial charge in [0.05, 0.1) is 20.6 Å². The Kier molecular flexibility index (Phi) is 7.90. The molecule has 1 unspecified atom stereocenters. The van der Waals surface area contributed by atoms with E-state index >= 15 is 0 Å². The molecule has 0 fully saturated rings. The van der Waals surface area contributed by atoms with Crippen LogP contribution in [0.4, 0.5) is 0 Å². The van der Waals surface area contributed by atoms with Crippen LogP contribution in [0.1, 0.15) is 25.7 Å². The van der Waals surface area contributed by atoms with Crippen molar-refractivity contribution in [2.45, 2.75) is 31.7 Å². The predicted molar refractivity (Wildman–Crippen MR) is 62.1 cm³/mol. The van der Waals surface area contributed by atoms with E-state index in [2.05, 4.69) is 14.8 Å². The van der Waals surface area contributed by atoms with E-state index in [1.54, 1.807) is 0 Å². The van der Waals surface area contributed by atoms with Gasteiger partial charge in [0.15, 0.2) is 0 Å². The Morgan fingerprint density at radius 2 is 1.68 bits per heavy atom. The lowest BCUT2D eigenvalue weighted by Gasteiger charge is -2.15. The quantitative estimate of drug-likeness (QED) is 0.571. The van der Waals surface area contributed by atoms with Crippen molar-refractivity contribution in [1.29, 1.82) is 0 Å². The van der Waals surface area contributed by atoms with Gasteiger partial charge in [-0.15, -0.1) is 0 Å². The van der Waals surface area contributed by atoms with Crippen molar-refractivity contribution < 1.29 is 33.8 Å². The van der Waals surface area contributed by atoms with Crippen LogP contribution < -0.4 is 5.32 Å². The molecule has 0 saturated heterocycles. The van der Waals surface area contributed by atoms with Gasteiger partial charge in [0.1, 0.15) is 6.04 Å². The molecule has 1 amide bonds. The van der Waals surface area contributed by atoms with Crippen LogP contribution in [-0.2, 0) is 28.7 Å². The van der Waals surface area contributed by atoms with Gasteiger partial charge < -0.3 is 19.9 Å². The molecule has 1 atom stereocenters. The molecule has 8 nitrogen and oxygen atoms in total. The summed E-state index contributed by atoms with van der Waals surface area (Å²) < 4.78 is 8.90. The van der Waals surface area contributed by atoms with E-state index in [0.717, 1.165) is 7.11 Å². The lowest BCUT2D eigenvalue weighted by molar-refractivity contribution is -0.146. The minimum atomic E-state index is -1.11. The molecule has 0 spiro atoms. The van der Waals surface area contributed by atoms with E-state index < -0.39 is 29.9 Å². The molecule has 2 N–H and O–H groups in total. The number of esters is 2. The summed E-state index contributed by atoms with van der Waals surface area (Å²) >= 11 is 0. The zero-order chi connectivity index (χ0) is 14.8. The molecule has 0 aliphatic heterocycles. The van der Waals surface area contributed by atoms with Gasteiger partial charge in [-0.3, -0.25) is 14.4 Å². The first kappa shape index (κ1) is 16.9. The second-order valence-electron chi connectivity index (χ2n) is 3.65. The van der Waals surface area contributed by atoms with E-state index in [4.69, 9.17) is 5.11 Å². The lowest BCUT2D eigenvalue weighted by Crippen LogP contribution is -2.42. The van der Waals surface area contributed by atoms with Crippen LogP contribution in [0.15, 0.2) is 0 Å². The Bertz CT molecular complexity index is 353. The first-order valence-corrected chi connectivity index (χ1v) is 5.56. The number of carboxylic acid groups (broad SMARTS) is 1. The predicted octanol–water partition coefficient (Wildman–Crippen LogP) is -0.538. The summed E-state index contributed by atoms with van der Waals surface area (Å²) in [5.74, 6) is -2.93. The fourth-order valence-corrected chi connectivity index (χ4v) is 1.24. The van der Waals surface area contributed by atoms with Crippen LogP contribution in [0.3, 0.4) is 0 Å². The molecule has 0 rings (SSSR count). The summed E-state index contributed by atoms with van der Waals surface area (Å²) in [7, 11) is 2.36. The average Bonchev–Trinajstić information content (AvgIpc) is 2.39. The van der Waals surface area contributed by atoms with E-state index in [0.29, 0.717) is 0 Å². The first-order valence-electron chi connectivity index (χ1n) is 5.56. The molecule has 0 saturated carbocycles. The third-order valence-corrected chi connectivity index (χ3v) is 2.25. The largest absolute Gasteiger partial charge is 0.481 e. The Morgan fingerprint density at radius 1 is 1.05 bits per heavy atom. The second-order valence-corrected chi connectivity index (χ2v) is 3.65. The molecule has 108 valence electrons. The molecular weight excluding hydrogens is 258 g/mol. The van der Waals surface area contributed by atoms with Crippen LogP contribution in [0, 0.1) is 0 Å².